The summed E-state index contributed by atoms with van der Waals surface area (Å²) in [7, 11) is 0. The number of pyridine rings is 1. The average molecular weight is 302 g/mol. The lowest BCUT2D eigenvalue weighted by Gasteiger charge is -2.11. The van der Waals surface area contributed by atoms with Crippen molar-refractivity contribution < 1.29 is 4.42 Å². The van der Waals surface area contributed by atoms with Crippen LogP contribution in [0.25, 0.3) is 28.2 Å². The van der Waals surface area contributed by atoms with Crippen LogP contribution < -0.4 is 5.56 Å². The maximum atomic E-state index is 13.1. The zero-order valence-corrected chi connectivity index (χ0v) is 12.6. The molecule has 0 spiro atoms. The molecule has 0 radical (unpaired) electrons. The summed E-state index contributed by atoms with van der Waals surface area (Å²) >= 11 is 0. The van der Waals surface area contributed by atoms with Crippen molar-refractivity contribution >= 4 is 5.65 Å². The molecule has 0 bridgehead atoms. The zero-order valence-electron chi connectivity index (χ0n) is 12.6. The van der Waals surface area contributed by atoms with Crippen molar-refractivity contribution in [3.05, 3.63) is 83.0 Å². The van der Waals surface area contributed by atoms with E-state index in [0.717, 1.165) is 11.3 Å². The summed E-state index contributed by atoms with van der Waals surface area (Å²) in [5.74, 6) is 0.588. The van der Waals surface area contributed by atoms with E-state index in [9.17, 15) is 4.79 Å². The predicted molar refractivity (Wildman–Crippen MR) is 89.3 cm³/mol. The van der Waals surface area contributed by atoms with Gasteiger partial charge in [0, 0.05) is 5.69 Å². The zero-order chi connectivity index (χ0) is 15.8. The molecule has 4 nitrogen and oxygen atoms in total. The highest BCUT2D eigenvalue weighted by atomic mass is 16.3. The van der Waals surface area contributed by atoms with Crippen LogP contribution in [0.1, 0.15) is 5.69 Å². The minimum Gasteiger partial charge on any atom is -0.463 e. The summed E-state index contributed by atoms with van der Waals surface area (Å²) < 4.78 is 7.14. The minimum atomic E-state index is -0.0919. The van der Waals surface area contributed by atoms with Crippen LogP contribution in [0.4, 0.5) is 0 Å². The fourth-order valence-electron chi connectivity index (χ4n) is 2.79. The summed E-state index contributed by atoms with van der Waals surface area (Å²) in [4.78, 5) is 17.8. The Bertz CT molecular complexity index is 1030. The molecule has 0 fully saturated rings. The van der Waals surface area contributed by atoms with Gasteiger partial charge in [-0.3, -0.25) is 9.20 Å². The second-order valence-electron chi connectivity index (χ2n) is 5.34. The molecule has 0 amide bonds. The molecule has 112 valence electrons. The van der Waals surface area contributed by atoms with Crippen LogP contribution >= 0.6 is 0 Å². The van der Waals surface area contributed by atoms with E-state index in [-0.39, 0.29) is 5.56 Å². The SMILES string of the molecule is Cc1cccc2nc(-c3ccco3)c(-c3ccccc3)c(=O)n12. The summed E-state index contributed by atoms with van der Waals surface area (Å²) in [5, 5.41) is 0. The molecular formula is C19H14N2O2. The smallest absolute Gasteiger partial charge is 0.266 e. The standard InChI is InChI=1S/C19H14N2O2/c1-13-7-5-11-16-20-18(15-10-6-12-23-15)17(19(22)21(13)16)14-8-3-2-4-9-14/h2-12H,1H3. The van der Waals surface area contributed by atoms with Gasteiger partial charge in [0.25, 0.3) is 5.56 Å². The molecule has 4 rings (SSSR count). The average Bonchev–Trinajstić information content (AvgIpc) is 3.09. The first-order valence-corrected chi connectivity index (χ1v) is 7.37. The third-order valence-corrected chi connectivity index (χ3v) is 3.86. The van der Waals surface area contributed by atoms with Crippen molar-refractivity contribution in [3.8, 4) is 22.6 Å². The van der Waals surface area contributed by atoms with E-state index >= 15 is 0 Å². The Kier molecular flexibility index (Phi) is 3.08. The Balaban J connectivity index is 2.18. The number of nitrogens with zero attached hydrogens (tertiary/aromatic N) is 2. The van der Waals surface area contributed by atoms with E-state index in [1.807, 2.05) is 61.5 Å². The van der Waals surface area contributed by atoms with Gasteiger partial charge in [0.2, 0.25) is 0 Å². The number of aromatic nitrogens is 2. The molecule has 0 saturated heterocycles. The maximum Gasteiger partial charge on any atom is 0.266 e. The quantitative estimate of drug-likeness (QED) is 0.563. The Morgan fingerprint density at radius 1 is 0.957 bits per heavy atom. The van der Waals surface area contributed by atoms with Crippen LogP contribution in [0, 0.1) is 6.92 Å². The van der Waals surface area contributed by atoms with Crippen LogP contribution in [0.5, 0.6) is 0 Å². The Labute approximate surface area is 132 Å². The lowest BCUT2D eigenvalue weighted by Crippen LogP contribution is -2.20. The molecule has 0 atom stereocenters. The summed E-state index contributed by atoms with van der Waals surface area (Å²) in [6, 6.07) is 18.8. The first kappa shape index (κ1) is 13.5. The van der Waals surface area contributed by atoms with Gasteiger partial charge in [0.05, 0.1) is 11.8 Å². The van der Waals surface area contributed by atoms with Gasteiger partial charge < -0.3 is 4.42 Å². The fraction of sp³-hybridized carbons (Fsp3) is 0.0526. The molecule has 1 aromatic carbocycles. The lowest BCUT2D eigenvalue weighted by atomic mass is 10.0. The number of aryl methyl sites for hydroxylation is 1. The molecule has 4 heteroatoms. The molecule has 0 unspecified atom stereocenters. The van der Waals surface area contributed by atoms with Gasteiger partial charge in [-0.2, -0.15) is 0 Å². The van der Waals surface area contributed by atoms with Crippen LogP contribution in [-0.4, -0.2) is 9.38 Å². The van der Waals surface area contributed by atoms with Crippen molar-refractivity contribution in [1.82, 2.24) is 9.38 Å². The van der Waals surface area contributed by atoms with E-state index in [4.69, 9.17) is 4.42 Å². The van der Waals surface area contributed by atoms with Crippen molar-refractivity contribution in [2.24, 2.45) is 0 Å². The topological polar surface area (TPSA) is 47.5 Å². The number of hydrogen-bond donors (Lipinski definition) is 0. The third kappa shape index (κ3) is 2.16. The monoisotopic (exact) mass is 302 g/mol. The Hall–Kier alpha value is -3.14. The molecule has 23 heavy (non-hydrogen) atoms. The summed E-state index contributed by atoms with van der Waals surface area (Å²) in [5.41, 5.74) is 3.31. The number of fused-ring (bicyclic) bond motifs is 1. The lowest BCUT2D eigenvalue weighted by molar-refractivity contribution is 0.580. The summed E-state index contributed by atoms with van der Waals surface area (Å²) in [6.45, 7) is 1.90. The van der Waals surface area contributed by atoms with E-state index in [0.29, 0.717) is 22.7 Å². The summed E-state index contributed by atoms with van der Waals surface area (Å²) in [6.07, 6.45) is 1.59. The Morgan fingerprint density at radius 3 is 2.52 bits per heavy atom. The molecule has 0 aliphatic carbocycles. The fourth-order valence-corrected chi connectivity index (χ4v) is 2.79. The van der Waals surface area contributed by atoms with Crippen LogP contribution in [0.15, 0.2) is 76.1 Å². The largest absolute Gasteiger partial charge is 0.463 e. The minimum absolute atomic E-state index is 0.0919. The number of rotatable bonds is 2. The van der Waals surface area contributed by atoms with Gasteiger partial charge in [-0.1, -0.05) is 36.4 Å². The van der Waals surface area contributed by atoms with Gasteiger partial charge in [-0.15, -0.1) is 0 Å². The van der Waals surface area contributed by atoms with Gasteiger partial charge in [0.15, 0.2) is 5.76 Å². The molecule has 0 aliphatic heterocycles. The second kappa shape index (κ2) is 5.25. The van der Waals surface area contributed by atoms with E-state index in [1.165, 1.54) is 0 Å². The number of benzene rings is 1. The van der Waals surface area contributed by atoms with Crippen LogP contribution in [-0.2, 0) is 0 Å². The highest BCUT2D eigenvalue weighted by Crippen LogP contribution is 2.28. The van der Waals surface area contributed by atoms with Crippen LogP contribution in [0.2, 0.25) is 0 Å². The normalized spacial score (nSPS) is 11.0. The molecule has 3 heterocycles. The highest BCUT2D eigenvalue weighted by Gasteiger charge is 2.18. The Morgan fingerprint density at radius 2 is 1.78 bits per heavy atom. The maximum absolute atomic E-state index is 13.1. The first-order valence-electron chi connectivity index (χ1n) is 7.37. The van der Waals surface area contributed by atoms with Crippen LogP contribution in [0.3, 0.4) is 0 Å². The second-order valence-corrected chi connectivity index (χ2v) is 5.34. The number of furan rings is 1. The molecular weight excluding hydrogens is 288 g/mol. The van der Waals surface area contributed by atoms with Gasteiger partial charge in [0.1, 0.15) is 11.3 Å². The van der Waals surface area contributed by atoms with Crippen molar-refractivity contribution in [2.75, 3.05) is 0 Å². The van der Waals surface area contributed by atoms with Crippen molar-refractivity contribution in [1.29, 1.82) is 0 Å². The predicted octanol–water partition coefficient (Wildman–Crippen LogP) is 3.93. The molecule has 0 N–H and O–H groups in total. The van der Waals surface area contributed by atoms with Crippen molar-refractivity contribution in [3.63, 3.8) is 0 Å². The third-order valence-electron chi connectivity index (χ3n) is 3.86. The van der Waals surface area contributed by atoms with E-state index < -0.39 is 0 Å². The van der Waals surface area contributed by atoms with Gasteiger partial charge in [-0.05, 0) is 36.8 Å². The number of hydrogen-bond acceptors (Lipinski definition) is 3. The molecule has 0 saturated carbocycles. The van der Waals surface area contributed by atoms with E-state index in [1.54, 1.807) is 16.7 Å². The van der Waals surface area contributed by atoms with Gasteiger partial charge in [-0.25, -0.2) is 4.98 Å². The van der Waals surface area contributed by atoms with Crippen molar-refractivity contribution in [2.45, 2.75) is 6.92 Å². The highest BCUT2D eigenvalue weighted by molar-refractivity contribution is 5.79. The molecule has 0 aliphatic rings. The first-order chi connectivity index (χ1) is 11.3. The van der Waals surface area contributed by atoms with E-state index in [2.05, 4.69) is 4.98 Å². The molecule has 4 aromatic rings. The molecule has 3 aromatic heterocycles. The van der Waals surface area contributed by atoms with Gasteiger partial charge >= 0.3 is 0 Å².